The van der Waals surface area contributed by atoms with Crippen LogP contribution in [0.1, 0.15) is 91.8 Å². The summed E-state index contributed by atoms with van der Waals surface area (Å²) in [6.07, 6.45) is 6.56. The van der Waals surface area contributed by atoms with E-state index in [-0.39, 0.29) is 18.2 Å². The molecule has 2 amide bonds. The summed E-state index contributed by atoms with van der Waals surface area (Å²) in [5, 5.41) is 0. The molecule has 2 aliphatic rings. The number of nitrogens with zero attached hydrogens (tertiary/aromatic N) is 4. The molecule has 2 atom stereocenters. The molecule has 0 saturated carbocycles. The molecule has 0 radical (unpaired) electrons. The van der Waals surface area contributed by atoms with Crippen molar-refractivity contribution in [3.05, 3.63) is 72.6 Å². The van der Waals surface area contributed by atoms with E-state index in [1.54, 1.807) is 9.80 Å². The number of imidazole rings is 2. The van der Waals surface area contributed by atoms with E-state index in [4.69, 9.17) is 14.5 Å². The molecule has 2 fully saturated rings. The minimum Gasteiger partial charge on any atom is -0.444 e. The maximum absolute atomic E-state index is 13.0. The molecule has 4 heterocycles. The summed E-state index contributed by atoms with van der Waals surface area (Å²) in [5.74, 6) is 1.55. The molecule has 0 bridgehead atoms. The molecule has 1 unspecified atom stereocenters. The first kappa shape index (κ1) is 32.3. The van der Waals surface area contributed by atoms with Gasteiger partial charge in [0.2, 0.25) is 0 Å². The Kier molecular flexibility index (Phi) is 8.40. The Bertz CT molecular complexity index is 1730. The smallest absolute Gasteiger partial charge is 0.411 e. The fourth-order valence-electron chi connectivity index (χ4n) is 6.49. The third kappa shape index (κ3) is 6.92. The van der Waals surface area contributed by atoms with Gasteiger partial charge in [0.1, 0.15) is 28.4 Å². The van der Waals surface area contributed by atoms with E-state index >= 15 is 0 Å². The number of ether oxygens (including phenoxy) is 2. The fraction of sp³-hybridized carbons (Fsp3) is 0.459. The van der Waals surface area contributed by atoms with E-state index in [0.29, 0.717) is 13.1 Å². The Hall–Kier alpha value is -4.60. The van der Waals surface area contributed by atoms with Crippen molar-refractivity contribution >= 4 is 12.2 Å². The zero-order valence-electron chi connectivity index (χ0n) is 28.5. The molecule has 2 N–H and O–H groups in total. The molecule has 4 aromatic rings. The first-order valence-electron chi connectivity index (χ1n) is 16.5. The molecular weight excluding hydrogens is 592 g/mol. The number of likely N-dealkylation sites (tertiary alicyclic amines) is 2. The van der Waals surface area contributed by atoms with E-state index in [9.17, 15) is 9.59 Å². The third-order valence-corrected chi connectivity index (χ3v) is 8.86. The van der Waals surface area contributed by atoms with Gasteiger partial charge in [0.25, 0.3) is 0 Å². The molecule has 47 heavy (non-hydrogen) atoms. The Morgan fingerprint density at radius 3 is 1.87 bits per heavy atom. The average Bonchev–Trinajstić information content (AvgIpc) is 3.81. The second kappa shape index (κ2) is 12.2. The van der Waals surface area contributed by atoms with Crippen molar-refractivity contribution in [2.24, 2.45) is 0 Å². The number of rotatable bonds is 5. The van der Waals surface area contributed by atoms with Crippen LogP contribution in [0.2, 0.25) is 0 Å². The van der Waals surface area contributed by atoms with E-state index in [0.717, 1.165) is 71.0 Å². The monoisotopic (exact) mass is 638 g/mol. The van der Waals surface area contributed by atoms with Crippen LogP contribution in [-0.4, -0.2) is 66.2 Å². The fourth-order valence-corrected chi connectivity index (χ4v) is 6.49. The molecule has 0 aliphatic carbocycles. The molecule has 10 nitrogen and oxygen atoms in total. The maximum Gasteiger partial charge on any atom is 0.411 e. The largest absolute Gasteiger partial charge is 0.444 e. The summed E-state index contributed by atoms with van der Waals surface area (Å²) in [4.78, 5) is 45.6. The highest BCUT2D eigenvalue weighted by atomic mass is 16.6. The van der Waals surface area contributed by atoms with Crippen LogP contribution >= 0.6 is 0 Å². The van der Waals surface area contributed by atoms with Crippen molar-refractivity contribution in [1.82, 2.24) is 29.7 Å². The minimum absolute atomic E-state index is 0.118. The van der Waals surface area contributed by atoms with Gasteiger partial charge in [-0.15, -0.1) is 0 Å². The molecule has 0 spiro atoms. The van der Waals surface area contributed by atoms with Crippen molar-refractivity contribution in [1.29, 1.82) is 0 Å². The first-order chi connectivity index (χ1) is 22.2. The predicted octanol–water partition coefficient (Wildman–Crippen LogP) is 8.45. The van der Waals surface area contributed by atoms with E-state index in [2.05, 4.69) is 70.4 Å². The van der Waals surface area contributed by atoms with Crippen molar-refractivity contribution in [3.63, 3.8) is 0 Å². The Morgan fingerprint density at radius 1 is 0.745 bits per heavy atom. The highest BCUT2D eigenvalue weighted by Gasteiger charge is 2.45. The second-order valence-electron chi connectivity index (χ2n) is 14.8. The number of benzene rings is 2. The topological polar surface area (TPSA) is 116 Å². The minimum atomic E-state index is -0.554. The molecule has 2 saturated heterocycles. The van der Waals surface area contributed by atoms with Crippen LogP contribution in [0.4, 0.5) is 9.59 Å². The van der Waals surface area contributed by atoms with Gasteiger partial charge in [0.15, 0.2) is 0 Å². The van der Waals surface area contributed by atoms with Gasteiger partial charge in [-0.25, -0.2) is 19.6 Å². The number of carbonyl (C=O) groups excluding carboxylic acids is 2. The van der Waals surface area contributed by atoms with Crippen LogP contribution in [0.5, 0.6) is 0 Å². The zero-order chi connectivity index (χ0) is 33.6. The number of hydrogen-bond acceptors (Lipinski definition) is 6. The first-order valence-corrected chi connectivity index (χ1v) is 16.5. The van der Waals surface area contributed by atoms with Crippen molar-refractivity contribution in [3.8, 4) is 33.6 Å². The van der Waals surface area contributed by atoms with Gasteiger partial charge in [-0.3, -0.25) is 9.80 Å². The SMILES string of the molecule is CC(C)(C)OC(=O)N1CCC[C@H]1c1ncc(-c2ccc(-c3ccc(-c4cnc(C5(C)CCCN5C(=O)OC(C)(C)C)[nH]4)cc3)cc2)[nH]1. The summed E-state index contributed by atoms with van der Waals surface area (Å²) in [6.45, 7) is 14.7. The molecule has 6 rings (SSSR count). The lowest BCUT2D eigenvalue weighted by molar-refractivity contribution is 0.00858. The summed E-state index contributed by atoms with van der Waals surface area (Å²) in [7, 11) is 0. The van der Waals surface area contributed by atoms with Crippen molar-refractivity contribution < 1.29 is 19.1 Å². The van der Waals surface area contributed by atoms with Crippen LogP contribution < -0.4 is 0 Å². The van der Waals surface area contributed by atoms with Gasteiger partial charge in [0.05, 0.1) is 29.8 Å². The van der Waals surface area contributed by atoms with Crippen LogP contribution in [0.3, 0.4) is 0 Å². The summed E-state index contributed by atoms with van der Waals surface area (Å²) >= 11 is 0. The summed E-state index contributed by atoms with van der Waals surface area (Å²) in [5.41, 5.74) is 4.42. The van der Waals surface area contributed by atoms with Crippen molar-refractivity contribution in [2.75, 3.05) is 13.1 Å². The number of hydrogen-bond donors (Lipinski definition) is 2. The highest BCUT2D eigenvalue weighted by Crippen LogP contribution is 2.39. The van der Waals surface area contributed by atoms with E-state index in [1.165, 1.54) is 0 Å². The van der Waals surface area contributed by atoms with Gasteiger partial charge in [-0.1, -0.05) is 48.5 Å². The lowest BCUT2D eigenvalue weighted by Crippen LogP contribution is -2.46. The number of amides is 2. The standard InChI is InChI=1S/C37H46N6O4/c1-35(2,3)46-33(44)42-20-8-10-30(42)31-38-22-28(40-31)26-15-11-24(12-16-26)25-13-17-27(18-14-25)29-23-39-32(41-29)37(7)19-9-21-43(37)34(45)47-36(4,5)6/h11-18,22-23,30H,8-10,19-21H2,1-7H3,(H,38,40)(H,39,41)/t30-,37?/m0/s1. The van der Waals surface area contributed by atoms with E-state index in [1.807, 2.05) is 53.9 Å². The lowest BCUT2D eigenvalue weighted by Gasteiger charge is -2.34. The van der Waals surface area contributed by atoms with Crippen molar-refractivity contribution in [2.45, 2.75) is 96.9 Å². The van der Waals surface area contributed by atoms with Crippen LogP contribution in [0, 0.1) is 0 Å². The van der Waals surface area contributed by atoms with Gasteiger partial charge in [-0.2, -0.15) is 0 Å². The molecular formula is C37H46N6O4. The van der Waals surface area contributed by atoms with Crippen LogP contribution in [-0.2, 0) is 15.0 Å². The Morgan fingerprint density at radius 2 is 1.28 bits per heavy atom. The molecule has 2 aromatic carbocycles. The molecule has 248 valence electrons. The average molecular weight is 639 g/mol. The highest BCUT2D eigenvalue weighted by molar-refractivity contribution is 5.73. The van der Waals surface area contributed by atoms with Gasteiger partial charge in [0, 0.05) is 13.1 Å². The predicted molar refractivity (Wildman–Crippen MR) is 181 cm³/mol. The van der Waals surface area contributed by atoms with Gasteiger partial charge < -0.3 is 19.4 Å². The number of nitrogens with one attached hydrogen (secondary N) is 2. The molecule has 2 aliphatic heterocycles. The number of carbonyl (C=O) groups is 2. The Balaban J connectivity index is 1.13. The maximum atomic E-state index is 13.0. The molecule has 2 aromatic heterocycles. The van der Waals surface area contributed by atoms with Gasteiger partial charge in [-0.05, 0) is 96.4 Å². The third-order valence-electron chi connectivity index (χ3n) is 8.86. The Labute approximate surface area is 276 Å². The summed E-state index contributed by atoms with van der Waals surface area (Å²) in [6, 6.07) is 16.6. The molecule has 10 heteroatoms. The quantitative estimate of drug-likeness (QED) is 0.227. The van der Waals surface area contributed by atoms with Crippen LogP contribution in [0.15, 0.2) is 60.9 Å². The van der Waals surface area contributed by atoms with Crippen LogP contribution in [0.25, 0.3) is 33.6 Å². The number of H-pyrrole nitrogens is 2. The summed E-state index contributed by atoms with van der Waals surface area (Å²) < 4.78 is 11.3. The zero-order valence-corrected chi connectivity index (χ0v) is 28.5. The number of aromatic nitrogens is 4. The normalized spacial score (nSPS) is 20.1. The lowest BCUT2D eigenvalue weighted by atomic mass is 9.98. The van der Waals surface area contributed by atoms with Gasteiger partial charge >= 0.3 is 12.2 Å². The van der Waals surface area contributed by atoms with E-state index < -0.39 is 16.7 Å². The second-order valence-corrected chi connectivity index (χ2v) is 14.8. The number of aromatic amines is 2.